The SMILES string of the molecule is Cn1cc(CN2C3CCC2c2cnc4cc(-c5ccco5)nn4c2C3)cn1. The lowest BCUT2D eigenvalue weighted by atomic mass is 9.98. The van der Waals surface area contributed by atoms with E-state index in [2.05, 4.69) is 22.4 Å². The second-order valence-electron chi connectivity index (χ2n) is 7.58. The number of hydrogen-bond acceptors (Lipinski definition) is 5. The fourth-order valence-electron chi connectivity index (χ4n) is 4.74. The van der Waals surface area contributed by atoms with Crippen molar-refractivity contribution in [3.05, 3.63) is 59.9 Å². The van der Waals surface area contributed by atoms with Gasteiger partial charge in [0.15, 0.2) is 11.4 Å². The molecule has 7 heteroatoms. The van der Waals surface area contributed by atoms with Crippen LogP contribution in [0, 0.1) is 0 Å². The molecule has 2 unspecified atom stereocenters. The molecule has 0 spiro atoms. The zero-order valence-corrected chi connectivity index (χ0v) is 15.1. The van der Waals surface area contributed by atoms with E-state index in [4.69, 9.17) is 14.5 Å². The Kier molecular flexibility index (Phi) is 3.11. The highest BCUT2D eigenvalue weighted by Gasteiger charge is 2.41. The monoisotopic (exact) mass is 360 g/mol. The molecule has 0 radical (unpaired) electrons. The predicted molar refractivity (Wildman–Crippen MR) is 98.9 cm³/mol. The van der Waals surface area contributed by atoms with Gasteiger partial charge < -0.3 is 4.42 Å². The Balaban J connectivity index is 1.41. The molecule has 0 N–H and O–H groups in total. The minimum absolute atomic E-state index is 0.409. The molecule has 1 saturated heterocycles. The van der Waals surface area contributed by atoms with E-state index in [0.29, 0.717) is 12.1 Å². The quantitative estimate of drug-likeness (QED) is 0.562. The Bertz CT molecular complexity index is 1120. The molecule has 0 saturated carbocycles. The predicted octanol–water partition coefficient (Wildman–Crippen LogP) is 2.98. The minimum Gasteiger partial charge on any atom is -0.463 e. The highest BCUT2D eigenvalue weighted by atomic mass is 16.3. The van der Waals surface area contributed by atoms with Gasteiger partial charge in [0.1, 0.15) is 5.69 Å². The first-order valence-corrected chi connectivity index (χ1v) is 9.41. The lowest BCUT2D eigenvalue weighted by molar-refractivity contribution is 0.165. The molecule has 0 aliphatic carbocycles. The zero-order valence-electron chi connectivity index (χ0n) is 15.1. The van der Waals surface area contributed by atoms with E-state index in [1.807, 2.05) is 40.6 Å². The first kappa shape index (κ1) is 15.2. The minimum atomic E-state index is 0.409. The second kappa shape index (κ2) is 5.53. The number of rotatable bonds is 3. The largest absolute Gasteiger partial charge is 0.463 e. The standard InChI is InChI=1S/C20H20N6O/c1-24-11-13(9-22-24)12-25-14-4-5-17(25)15-10-21-20-8-16(19-3-2-6-27-19)23-26(20)18(15)7-14/h2-3,6,8-11,14,17H,4-5,7,12H2,1H3. The average Bonchev–Trinajstić information content (AvgIpc) is 3.43. The summed E-state index contributed by atoms with van der Waals surface area (Å²) in [6, 6.07) is 6.78. The van der Waals surface area contributed by atoms with Crippen LogP contribution >= 0.6 is 0 Å². The van der Waals surface area contributed by atoms with E-state index in [-0.39, 0.29) is 0 Å². The Hall–Kier alpha value is -2.93. The molecular formula is C20H20N6O. The van der Waals surface area contributed by atoms with Crippen molar-refractivity contribution >= 4 is 5.65 Å². The maximum Gasteiger partial charge on any atom is 0.155 e. The lowest BCUT2D eigenvalue weighted by Crippen LogP contribution is -2.38. The fraction of sp³-hybridized carbons (Fsp3) is 0.350. The smallest absolute Gasteiger partial charge is 0.155 e. The normalized spacial score (nSPS) is 21.8. The summed E-state index contributed by atoms with van der Waals surface area (Å²) in [4.78, 5) is 7.32. The Morgan fingerprint density at radius 2 is 2.22 bits per heavy atom. The molecule has 2 aliphatic rings. The summed E-state index contributed by atoms with van der Waals surface area (Å²) in [6.07, 6.45) is 11.2. The number of fused-ring (bicyclic) bond motifs is 6. The second-order valence-corrected chi connectivity index (χ2v) is 7.58. The van der Waals surface area contributed by atoms with Crippen molar-refractivity contribution in [2.45, 2.75) is 37.9 Å². The van der Waals surface area contributed by atoms with Gasteiger partial charge in [0, 0.05) is 61.7 Å². The summed E-state index contributed by atoms with van der Waals surface area (Å²) in [6.45, 7) is 0.942. The lowest BCUT2D eigenvalue weighted by Gasteiger charge is -2.35. The van der Waals surface area contributed by atoms with Crippen LogP contribution in [0.4, 0.5) is 0 Å². The van der Waals surface area contributed by atoms with Crippen molar-refractivity contribution in [3.63, 3.8) is 0 Å². The molecule has 7 nitrogen and oxygen atoms in total. The third kappa shape index (κ3) is 2.28. The molecule has 0 aromatic carbocycles. The van der Waals surface area contributed by atoms with Crippen LogP contribution in [0.15, 0.2) is 47.5 Å². The van der Waals surface area contributed by atoms with Crippen molar-refractivity contribution in [1.29, 1.82) is 0 Å². The van der Waals surface area contributed by atoms with E-state index >= 15 is 0 Å². The molecule has 2 bridgehead atoms. The van der Waals surface area contributed by atoms with Gasteiger partial charge in [-0.05, 0) is 25.0 Å². The number of nitrogens with zero attached hydrogens (tertiary/aromatic N) is 6. The summed E-state index contributed by atoms with van der Waals surface area (Å²) in [7, 11) is 1.97. The third-order valence-corrected chi connectivity index (χ3v) is 5.94. The Morgan fingerprint density at radius 3 is 3.04 bits per heavy atom. The molecule has 136 valence electrons. The van der Waals surface area contributed by atoms with Crippen molar-refractivity contribution < 1.29 is 4.42 Å². The summed E-state index contributed by atoms with van der Waals surface area (Å²) in [5.41, 5.74) is 5.61. The molecule has 0 amide bonds. The van der Waals surface area contributed by atoms with Crippen LogP contribution in [0.25, 0.3) is 17.1 Å². The van der Waals surface area contributed by atoms with Crippen LogP contribution in [0.1, 0.15) is 35.7 Å². The van der Waals surface area contributed by atoms with E-state index in [1.54, 1.807) is 6.26 Å². The zero-order chi connectivity index (χ0) is 18.0. The van der Waals surface area contributed by atoms with Gasteiger partial charge in [-0.2, -0.15) is 10.2 Å². The Labute approximate surface area is 156 Å². The van der Waals surface area contributed by atoms with Crippen molar-refractivity contribution in [2.75, 3.05) is 0 Å². The molecule has 6 heterocycles. The van der Waals surface area contributed by atoms with Gasteiger partial charge in [-0.3, -0.25) is 9.58 Å². The van der Waals surface area contributed by atoms with Crippen molar-refractivity contribution in [3.8, 4) is 11.5 Å². The van der Waals surface area contributed by atoms with Gasteiger partial charge in [-0.1, -0.05) is 0 Å². The molecule has 2 aliphatic heterocycles. The van der Waals surface area contributed by atoms with Crippen LogP contribution in [-0.2, 0) is 20.0 Å². The third-order valence-electron chi connectivity index (χ3n) is 5.94. The molecule has 4 aromatic heterocycles. The summed E-state index contributed by atoms with van der Waals surface area (Å²) < 4.78 is 9.42. The molecule has 1 fully saturated rings. The maximum atomic E-state index is 5.51. The highest BCUT2D eigenvalue weighted by Crippen LogP contribution is 2.44. The van der Waals surface area contributed by atoms with E-state index in [0.717, 1.165) is 30.1 Å². The van der Waals surface area contributed by atoms with Crippen molar-refractivity contribution in [1.82, 2.24) is 29.3 Å². The molecular weight excluding hydrogens is 340 g/mol. The summed E-state index contributed by atoms with van der Waals surface area (Å²) in [5.74, 6) is 0.784. The first-order chi connectivity index (χ1) is 13.3. The van der Waals surface area contributed by atoms with Gasteiger partial charge in [-0.15, -0.1) is 0 Å². The molecule has 2 atom stereocenters. The van der Waals surface area contributed by atoms with Gasteiger partial charge >= 0.3 is 0 Å². The van der Waals surface area contributed by atoms with Crippen LogP contribution in [0.2, 0.25) is 0 Å². The fourth-order valence-corrected chi connectivity index (χ4v) is 4.74. The van der Waals surface area contributed by atoms with Crippen molar-refractivity contribution in [2.24, 2.45) is 7.05 Å². The highest BCUT2D eigenvalue weighted by molar-refractivity contribution is 5.59. The van der Waals surface area contributed by atoms with Crippen LogP contribution in [-0.4, -0.2) is 35.3 Å². The number of aromatic nitrogens is 5. The molecule has 4 aromatic rings. The van der Waals surface area contributed by atoms with Gasteiger partial charge in [0.05, 0.1) is 18.2 Å². The first-order valence-electron chi connectivity index (χ1n) is 9.41. The number of furan rings is 1. The number of hydrogen-bond donors (Lipinski definition) is 0. The van der Waals surface area contributed by atoms with Crippen LogP contribution in [0.3, 0.4) is 0 Å². The topological polar surface area (TPSA) is 64.4 Å². The average molecular weight is 360 g/mol. The Morgan fingerprint density at radius 1 is 1.26 bits per heavy atom. The van der Waals surface area contributed by atoms with Crippen LogP contribution in [0.5, 0.6) is 0 Å². The van der Waals surface area contributed by atoms with Crippen LogP contribution < -0.4 is 0 Å². The van der Waals surface area contributed by atoms with E-state index < -0.39 is 0 Å². The molecule has 6 rings (SSSR count). The molecule has 27 heavy (non-hydrogen) atoms. The van der Waals surface area contributed by atoms with Gasteiger partial charge in [0.2, 0.25) is 0 Å². The van der Waals surface area contributed by atoms with E-state index in [1.165, 1.54) is 29.7 Å². The van der Waals surface area contributed by atoms with E-state index in [9.17, 15) is 0 Å². The number of aryl methyl sites for hydroxylation is 1. The summed E-state index contributed by atoms with van der Waals surface area (Å²) >= 11 is 0. The summed E-state index contributed by atoms with van der Waals surface area (Å²) in [5, 5.41) is 9.13. The maximum absolute atomic E-state index is 5.51. The van der Waals surface area contributed by atoms with Gasteiger partial charge in [0.25, 0.3) is 0 Å². The van der Waals surface area contributed by atoms with Gasteiger partial charge in [-0.25, -0.2) is 9.50 Å².